The number of rotatable bonds is 12. The fraction of sp³-hybridized carbons (Fsp3) is 0.318. The third-order valence-electron chi connectivity index (χ3n) is 7.05. The first-order chi connectivity index (χ1) is 28.7. The van der Waals surface area contributed by atoms with Crippen LogP contribution in [0.25, 0.3) is 11.1 Å². The molecule has 0 N–H and O–H groups in total. The maximum atomic E-state index is 12.8. The molecule has 0 unspecified atom stereocenters. The molecule has 0 bridgehead atoms. The third-order valence-corrected chi connectivity index (χ3v) is 8.79. The van der Waals surface area contributed by atoms with Crippen LogP contribution in [0, 0.1) is 6.92 Å². The Labute approximate surface area is 428 Å². The van der Waals surface area contributed by atoms with Crippen LogP contribution in [0.5, 0.6) is 28.7 Å². The molecule has 0 amide bonds. The second kappa shape index (κ2) is 37.2. The van der Waals surface area contributed by atoms with E-state index < -0.39 is 54.5 Å². The summed E-state index contributed by atoms with van der Waals surface area (Å²) in [5, 5.41) is -11.7. The molecule has 5 aromatic carbocycles. The number of halogens is 10. The Kier molecular flexibility index (Phi) is 43.7. The standard InChI is InChI=1S/C14H14O.2C8H6F4O4S.C8H10O2.C2H6O.4CH4.2FH.2Li/c1-11-3-5-12(6-4-11)13-7-9-14(15-2)10-8-13;2*9-7(10,8(11,12)17(13,14)15)16-6-4-2-1-3-5-6;1-9-7-3-5-8(10-2)6-4-7;1-3-2;;;;;;;;/h3-10H,1-2H3;2*1-5H,(H,13,14,15);3-6H,1-2H3;1-2H3;4*1H4;2*1H;;/q;;;;;;;;;;;2*+1/p-2. The zero-order chi connectivity index (χ0) is 47.4. The Hall–Kier alpha value is -4.63. The monoisotopic (exact) mass is 1050 g/mol. The zero-order valence-electron chi connectivity index (χ0n) is 36.3. The Morgan fingerprint density at radius 1 is 0.400 bits per heavy atom. The topological polar surface area (TPSA) is 170 Å². The molecule has 0 saturated carbocycles. The SMILES string of the molecule is C.C.C.C.COC.COc1ccc(-c2ccc(C)cc2)cc1.COc1ccc(OC)cc1.F.F.O=S(=O)([O-])C(F)(F)C(F)(F)Oc1ccccc1.O=S(=O)([O-])C(F)(F)C(F)(F)Oc1ccccc1.[Li+].[Li+]. The quantitative estimate of drug-likeness (QED) is 0.0803. The van der Waals surface area contributed by atoms with Gasteiger partial charge in [-0.3, -0.25) is 9.41 Å². The van der Waals surface area contributed by atoms with Gasteiger partial charge in [-0.2, -0.15) is 35.1 Å². The fourth-order valence-electron chi connectivity index (χ4n) is 3.92. The maximum Gasteiger partial charge on any atom is 1.00 e. The van der Waals surface area contributed by atoms with Crippen molar-refractivity contribution < 1.29 is 137 Å². The van der Waals surface area contributed by atoms with Crippen LogP contribution in [0.1, 0.15) is 35.3 Å². The van der Waals surface area contributed by atoms with Gasteiger partial charge in [-0.15, -0.1) is 0 Å². The Balaban J connectivity index is -0.000000117. The molecule has 5 rings (SSSR count). The van der Waals surface area contributed by atoms with E-state index in [2.05, 4.69) is 57.5 Å². The molecular weight excluding hydrogens is 988 g/mol. The van der Waals surface area contributed by atoms with Gasteiger partial charge in [0.15, 0.2) is 20.2 Å². The molecule has 390 valence electrons. The van der Waals surface area contributed by atoms with Gasteiger partial charge in [-0.05, 0) is 78.7 Å². The van der Waals surface area contributed by atoms with Gasteiger partial charge < -0.3 is 37.5 Å². The molecule has 0 aromatic heterocycles. The van der Waals surface area contributed by atoms with Crippen LogP contribution in [0.3, 0.4) is 0 Å². The van der Waals surface area contributed by atoms with Gasteiger partial charge in [0.1, 0.15) is 28.7 Å². The maximum absolute atomic E-state index is 12.8. The van der Waals surface area contributed by atoms with Crippen molar-refractivity contribution >= 4 is 20.2 Å². The van der Waals surface area contributed by atoms with Crippen molar-refractivity contribution in [1.29, 1.82) is 0 Å². The molecule has 0 saturated heterocycles. The zero-order valence-corrected chi connectivity index (χ0v) is 37.9. The summed E-state index contributed by atoms with van der Waals surface area (Å²) in [7, 11) is -4.86. The summed E-state index contributed by atoms with van der Waals surface area (Å²) in [6.07, 6.45) is -10.9. The normalized spacial score (nSPS) is 10.2. The Morgan fingerprint density at radius 3 is 0.829 bits per heavy atom. The van der Waals surface area contributed by atoms with Crippen molar-refractivity contribution in [3.05, 3.63) is 139 Å². The number of aryl methyl sites for hydroxylation is 1. The van der Waals surface area contributed by atoms with Crippen LogP contribution in [-0.4, -0.2) is 84.2 Å². The number of hydrogen-bond donors (Lipinski definition) is 0. The largest absolute Gasteiger partial charge is 1.00 e. The molecule has 0 fully saturated rings. The van der Waals surface area contributed by atoms with Crippen molar-refractivity contribution in [2.45, 2.75) is 59.4 Å². The van der Waals surface area contributed by atoms with Crippen LogP contribution in [0.15, 0.2) is 133 Å². The molecule has 26 heteroatoms. The van der Waals surface area contributed by atoms with Crippen molar-refractivity contribution in [2.24, 2.45) is 0 Å². The summed E-state index contributed by atoms with van der Waals surface area (Å²) in [5.41, 5.74) is 3.74. The first-order valence-corrected chi connectivity index (χ1v) is 19.7. The number of methoxy groups -OCH3 is 4. The van der Waals surface area contributed by atoms with Crippen LogP contribution in [0.4, 0.5) is 44.5 Å². The minimum Gasteiger partial charge on any atom is -0.743 e. The number of benzene rings is 5. The number of alkyl halides is 8. The average molecular weight is 1050 g/mol. The molecule has 0 aliphatic rings. The summed E-state index contributed by atoms with van der Waals surface area (Å²) in [5.74, 6) is 1.20. The van der Waals surface area contributed by atoms with Gasteiger partial charge in [0.05, 0.1) is 21.3 Å². The van der Waals surface area contributed by atoms with Gasteiger partial charge in [-0.25, -0.2) is 16.8 Å². The van der Waals surface area contributed by atoms with Crippen molar-refractivity contribution in [3.8, 4) is 39.9 Å². The average Bonchev–Trinajstić information content (AvgIpc) is 3.22. The molecule has 0 spiro atoms. The fourth-order valence-corrected chi connectivity index (χ4v) is 4.59. The van der Waals surface area contributed by atoms with E-state index in [0.717, 1.165) is 41.5 Å². The van der Waals surface area contributed by atoms with Gasteiger partial charge in [0.25, 0.3) is 0 Å². The second-order valence-electron chi connectivity index (χ2n) is 11.7. The van der Waals surface area contributed by atoms with E-state index in [9.17, 15) is 61.1 Å². The Morgan fingerprint density at radius 2 is 0.614 bits per heavy atom. The summed E-state index contributed by atoms with van der Waals surface area (Å²) in [6, 6.07) is 35.3. The minimum atomic E-state index is -6.54. The van der Waals surface area contributed by atoms with Crippen LogP contribution < -0.4 is 61.4 Å². The Bertz CT molecular complexity index is 2160. The van der Waals surface area contributed by atoms with Crippen molar-refractivity contribution in [2.75, 3.05) is 35.5 Å². The summed E-state index contributed by atoms with van der Waals surface area (Å²) >= 11 is 0. The molecule has 5 aromatic rings. The van der Waals surface area contributed by atoms with E-state index in [1.165, 1.54) is 53.1 Å². The smallest absolute Gasteiger partial charge is 0.743 e. The predicted molar refractivity (Wildman–Crippen MR) is 241 cm³/mol. The van der Waals surface area contributed by atoms with E-state index >= 15 is 0 Å². The van der Waals surface area contributed by atoms with E-state index in [0.29, 0.717) is 0 Å². The minimum absolute atomic E-state index is 0. The van der Waals surface area contributed by atoms with E-state index in [1.54, 1.807) is 35.5 Å². The van der Waals surface area contributed by atoms with Crippen molar-refractivity contribution in [3.63, 3.8) is 0 Å². The van der Waals surface area contributed by atoms with Crippen LogP contribution in [-0.2, 0) is 25.0 Å². The molecule has 0 radical (unpaired) electrons. The number of ether oxygens (including phenoxy) is 6. The van der Waals surface area contributed by atoms with Gasteiger partial charge >= 0.3 is 60.4 Å². The molecule has 70 heavy (non-hydrogen) atoms. The van der Waals surface area contributed by atoms with Crippen molar-refractivity contribution in [1.82, 2.24) is 0 Å². The third kappa shape index (κ3) is 26.0. The summed E-state index contributed by atoms with van der Waals surface area (Å²) in [6.45, 7) is 2.10. The van der Waals surface area contributed by atoms with Crippen LogP contribution in [0.2, 0.25) is 0 Å². The second-order valence-corrected chi connectivity index (χ2v) is 14.5. The summed E-state index contributed by atoms with van der Waals surface area (Å²) in [4.78, 5) is 0. The number of hydrogen-bond acceptors (Lipinski definition) is 12. The summed E-state index contributed by atoms with van der Waals surface area (Å²) < 4.78 is 188. The van der Waals surface area contributed by atoms with E-state index in [1.807, 2.05) is 36.4 Å². The molecule has 0 aliphatic carbocycles. The van der Waals surface area contributed by atoms with E-state index in [-0.39, 0.29) is 76.8 Å². The van der Waals surface area contributed by atoms with E-state index in [4.69, 9.17) is 14.2 Å². The first kappa shape index (κ1) is 82.3. The van der Waals surface area contributed by atoms with Crippen LogP contribution >= 0.6 is 0 Å². The first-order valence-electron chi connectivity index (χ1n) is 16.9. The number of para-hydroxylation sites is 2. The molecule has 0 aliphatic heterocycles. The van der Waals surface area contributed by atoms with Gasteiger partial charge in [0.2, 0.25) is 0 Å². The van der Waals surface area contributed by atoms with Gasteiger partial charge in [0, 0.05) is 14.2 Å². The molecule has 12 nitrogen and oxygen atoms in total. The molecule has 0 atom stereocenters. The molecule has 0 heterocycles. The molecular formula is C44H58F10Li2O12S2. The predicted octanol–water partition coefficient (Wildman–Crippen LogP) is 6.09. The van der Waals surface area contributed by atoms with Gasteiger partial charge in [-0.1, -0.05) is 108 Å².